The van der Waals surface area contributed by atoms with Crippen molar-refractivity contribution in [3.8, 4) is 0 Å². The molecule has 1 N–H and O–H groups in total. The molecule has 2 rings (SSSR count). The second kappa shape index (κ2) is 4.39. The number of aromatic carboxylic acids is 1. The quantitative estimate of drug-likeness (QED) is 0.850. The predicted octanol–water partition coefficient (Wildman–Crippen LogP) is 1.45. The third-order valence-corrected chi connectivity index (χ3v) is 3.44. The third-order valence-electron chi connectivity index (χ3n) is 2.39. The Labute approximate surface area is 97.7 Å². The Morgan fingerprint density at radius 2 is 2.19 bits per heavy atom. The summed E-state index contributed by atoms with van der Waals surface area (Å²) in [5.74, 6) is -0.918. The van der Waals surface area contributed by atoms with Crippen LogP contribution in [-0.2, 0) is 4.74 Å². The van der Waals surface area contributed by atoms with E-state index in [-0.39, 0.29) is 17.1 Å². The molecule has 6 heteroatoms. The van der Waals surface area contributed by atoms with Crippen LogP contribution in [0.25, 0.3) is 0 Å². The highest BCUT2D eigenvalue weighted by Crippen LogP contribution is 2.25. The van der Waals surface area contributed by atoms with E-state index in [4.69, 9.17) is 9.84 Å². The van der Waals surface area contributed by atoms with Crippen molar-refractivity contribution >= 4 is 22.4 Å². The lowest BCUT2D eigenvalue weighted by atomic mass is 10.2. The number of ether oxygens (including phenoxy) is 1. The van der Waals surface area contributed by atoms with Crippen LogP contribution in [0.1, 0.15) is 23.5 Å². The number of anilines is 1. The highest BCUT2D eigenvalue weighted by molar-refractivity contribution is 7.17. The van der Waals surface area contributed by atoms with E-state index in [9.17, 15) is 4.79 Å². The largest absolute Gasteiger partial charge is 0.477 e. The lowest BCUT2D eigenvalue weighted by Gasteiger charge is -2.35. The molecule has 0 aromatic carbocycles. The number of carbonyl (C=O) groups is 1. The zero-order valence-corrected chi connectivity index (χ0v) is 10.0. The number of hydrogen-bond donors (Lipinski definition) is 1. The standard InChI is InChI=1S/C10H14N2O3S/c1-6-4-12(5-7(2)15-6)10-11-3-8(16-10)9(13)14/h3,6-7H,4-5H2,1-2H3,(H,13,14). The van der Waals surface area contributed by atoms with Crippen molar-refractivity contribution in [2.75, 3.05) is 18.0 Å². The van der Waals surface area contributed by atoms with Crippen LogP contribution in [0.15, 0.2) is 6.20 Å². The second-order valence-electron chi connectivity index (χ2n) is 3.97. The molecule has 0 bridgehead atoms. The van der Waals surface area contributed by atoms with Crippen molar-refractivity contribution in [1.29, 1.82) is 0 Å². The first kappa shape index (κ1) is 11.3. The molecule has 0 spiro atoms. The van der Waals surface area contributed by atoms with Gasteiger partial charge in [-0.2, -0.15) is 0 Å². The molecule has 1 fully saturated rings. The number of rotatable bonds is 2. The first-order chi connectivity index (χ1) is 7.56. The summed E-state index contributed by atoms with van der Waals surface area (Å²) in [5.41, 5.74) is 0. The van der Waals surface area contributed by atoms with Gasteiger partial charge in [-0.05, 0) is 13.8 Å². The van der Waals surface area contributed by atoms with Gasteiger partial charge in [0, 0.05) is 13.1 Å². The van der Waals surface area contributed by atoms with Crippen molar-refractivity contribution in [2.24, 2.45) is 0 Å². The Morgan fingerprint density at radius 1 is 1.56 bits per heavy atom. The molecule has 88 valence electrons. The summed E-state index contributed by atoms with van der Waals surface area (Å²) in [7, 11) is 0. The van der Waals surface area contributed by atoms with Gasteiger partial charge in [0.1, 0.15) is 4.88 Å². The number of nitrogens with zero attached hydrogens (tertiary/aromatic N) is 2. The molecule has 5 nitrogen and oxygen atoms in total. The van der Waals surface area contributed by atoms with E-state index < -0.39 is 5.97 Å². The Kier molecular flexibility index (Phi) is 3.11. The third kappa shape index (κ3) is 2.33. The Hall–Kier alpha value is -1.14. The second-order valence-corrected chi connectivity index (χ2v) is 4.98. The van der Waals surface area contributed by atoms with E-state index in [2.05, 4.69) is 9.88 Å². The summed E-state index contributed by atoms with van der Waals surface area (Å²) >= 11 is 1.21. The molecule has 0 amide bonds. The van der Waals surface area contributed by atoms with E-state index in [0.717, 1.165) is 18.2 Å². The van der Waals surface area contributed by atoms with Gasteiger partial charge in [0.2, 0.25) is 0 Å². The van der Waals surface area contributed by atoms with Gasteiger partial charge in [0.05, 0.1) is 18.4 Å². The van der Waals surface area contributed by atoms with Gasteiger partial charge >= 0.3 is 5.97 Å². The van der Waals surface area contributed by atoms with Crippen molar-refractivity contribution < 1.29 is 14.6 Å². The van der Waals surface area contributed by atoms with Crippen LogP contribution in [-0.4, -0.2) is 41.4 Å². The average Bonchev–Trinajstić information content (AvgIpc) is 2.64. The molecule has 2 unspecified atom stereocenters. The molecular formula is C10H14N2O3S. The maximum absolute atomic E-state index is 10.8. The van der Waals surface area contributed by atoms with Gasteiger partial charge in [-0.1, -0.05) is 11.3 Å². The highest BCUT2D eigenvalue weighted by Gasteiger charge is 2.24. The number of hydrogen-bond acceptors (Lipinski definition) is 5. The summed E-state index contributed by atoms with van der Waals surface area (Å²) in [5, 5.41) is 9.59. The highest BCUT2D eigenvalue weighted by atomic mass is 32.1. The van der Waals surface area contributed by atoms with Crippen LogP contribution in [0.4, 0.5) is 5.13 Å². The maximum Gasteiger partial charge on any atom is 0.347 e. The smallest absolute Gasteiger partial charge is 0.347 e. The van der Waals surface area contributed by atoms with Crippen LogP contribution in [0.5, 0.6) is 0 Å². The van der Waals surface area contributed by atoms with Crippen molar-refractivity contribution in [3.05, 3.63) is 11.1 Å². The van der Waals surface area contributed by atoms with Gasteiger partial charge in [0.25, 0.3) is 0 Å². The first-order valence-corrected chi connectivity index (χ1v) is 5.97. The number of thiazole rings is 1. The zero-order chi connectivity index (χ0) is 11.7. The van der Waals surface area contributed by atoms with Crippen LogP contribution in [0, 0.1) is 0 Å². The van der Waals surface area contributed by atoms with Gasteiger partial charge in [0.15, 0.2) is 5.13 Å². The lowest BCUT2D eigenvalue weighted by molar-refractivity contribution is -0.00523. The fourth-order valence-corrected chi connectivity index (χ4v) is 2.62. The topological polar surface area (TPSA) is 62.7 Å². The summed E-state index contributed by atoms with van der Waals surface area (Å²) in [6.45, 7) is 5.54. The molecule has 1 saturated heterocycles. The van der Waals surface area contributed by atoms with Gasteiger partial charge in [-0.25, -0.2) is 9.78 Å². The molecule has 2 heterocycles. The fourth-order valence-electron chi connectivity index (χ4n) is 1.84. The molecule has 2 atom stereocenters. The fraction of sp³-hybridized carbons (Fsp3) is 0.600. The van der Waals surface area contributed by atoms with Crippen LogP contribution in [0.2, 0.25) is 0 Å². The van der Waals surface area contributed by atoms with E-state index in [1.807, 2.05) is 13.8 Å². The zero-order valence-electron chi connectivity index (χ0n) is 9.21. The average molecular weight is 242 g/mol. The number of carboxylic acids is 1. The maximum atomic E-state index is 10.8. The molecular weight excluding hydrogens is 228 g/mol. The molecule has 1 aromatic heterocycles. The Bertz CT molecular complexity index is 383. The van der Waals surface area contributed by atoms with Gasteiger partial charge in [-0.15, -0.1) is 0 Å². The summed E-state index contributed by atoms with van der Waals surface area (Å²) < 4.78 is 5.61. The lowest BCUT2D eigenvalue weighted by Crippen LogP contribution is -2.45. The predicted molar refractivity (Wildman–Crippen MR) is 61.3 cm³/mol. The summed E-state index contributed by atoms with van der Waals surface area (Å²) in [6.07, 6.45) is 1.72. The van der Waals surface area contributed by atoms with Crippen LogP contribution < -0.4 is 4.90 Å². The van der Waals surface area contributed by atoms with Crippen molar-refractivity contribution in [1.82, 2.24) is 4.98 Å². The molecule has 16 heavy (non-hydrogen) atoms. The number of morpholine rings is 1. The summed E-state index contributed by atoms with van der Waals surface area (Å²) in [6, 6.07) is 0. The van der Waals surface area contributed by atoms with Gasteiger partial charge in [-0.3, -0.25) is 0 Å². The number of carboxylic acid groups (broad SMARTS) is 1. The molecule has 1 aliphatic heterocycles. The van der Waals surface area contributed by atoms with Crippen LogP contribution in [0.3, 0.4) is 0 Å². The van der Waals surface area contributed by atoms with E-state index >= 15 is 0 Å². The van der Waals surface area contributed by atoms with Crippen LogP contribution >= 0.6 is 11.3 Å². The molecule has 1 aliphatic rings. The minimum atomic E-state index is -0.918. The summed E-state index contributed by atoms with van der Waals surface area (Å²) in [4.78, 5) is 17.2. The normalized spacial score (nSPS) is 25.8. The monoisotopic (exact) mass is 242 g/mol. The van der Waals surface area contributed by atoms with E-state index in [0.29, 0.717) is 0 Å². The minimum Gasteiger partial charge on any atom is -0.477 e. The minimum absolute atomic E-state index is 0.154. The van der Waals surface area contributed by atoms with Gasteiger partial charge < -0.3 is 14.7 Å². The Morgan fingerprint density at radius 3 is 2.69 bits per heavy atom. The number of aromatic nitrogens is 1. The molecule has 1 aromatic rings. The molecule has 0 radical (unpaired) electrons. The van der Waals surface area contributed by atoms with E-state index in [1.165, 1.54) is 17.5 Å². The first-order valence-electron chi connectivity index (χ1n) is 5.16. The SMILES string of the molecule is CC1CN(c2ncc(C(=O)O)s2)CC(C)O1. The Balaban J connectivity index is 2.13. The van der Waals surface area contributed by atoms with Crippen molar-refractivity contribution in [2.45, 2.75) is 26.1 Å². The molecule has 0 aliphatic carbocycles. The van der Waals surface area contributed by atoms with Crippen molar-refractivity contribution in [3.63, 3.8) is 0 Å². The van der Waals surface area contributed by atoms with E-state index in [1.54, 1.807) is 0 Å². The molecule has 0 saturated carbocycles.